The number of hydrogen-bond donors (Lipinski definition) is 1. The van der Waals surface area contributed by atoms with E-state index in [0.29, 0.717) is 16.3 Å². The number of hydrogen-bond acceptors (Lipinski definition) is 7. The summed E-state index contributed by atoms with van der Waals surface area (Å²) < 4.78 is 43.3. The molecule has 4 aromatic rings. The molecule has 0 aliphatic carbocycles. The molecule has 1 aromatic carbocycles. The van der Waals surface area contributed by atoms with Gasteiger partial charge in [-0.15, -0.1) is 11.3 Å². The van der Waals surface area contributed by atoms with E-state index in [1.807, 2.05) is 0 Å². The molecule has 0 aliphatic rings. The van der Waals surface area contributed by atoms with Crippen molar-refractivity contribution in [1.29, 1.82) is 0 Å². The lowest BCUT2D eigenvalue weighted by molar-refractivity contribution is -0.141. The zero-order chi connectivity index (χ0) is 20.4. The lowest BCUT2D eigenvalue weighted by atomic mass is 10.2. The molecule has 0 aliphatic heterocycles. The molecular weight excluding hydrogens is 405 g/mol. The number of carbonyl (C=O) groups excluding carboxylic acids is 1. The molecule has 0 saturated carbocycles. The molecule has 0 saturated heterocycles. The van der Waals surface area contributed by atoms with Crippen molar-refractivity contribution in [1.82, 2.24) is 15.0 Å². The number of benzene rings is 1. The van der Waals surface area contributed by atoms with Crippen LogP contribution in [0.2, 0.25) is 0 Å². The summed E-state index contributed by atoms with van der Waals surface area (Å²) in [6, 6.07) is 9.27. The number of ketones is 1. The van der Waals surface area contributed by atoms with Crippen molar-refractivity contribution in [3.05, 3.63) is 77.6 Å². The predicted octanol–water partition coefficient (Wildman–Crippen LogP) is 5.19. The van der Waals surface area contributed by atoms with Gasteiger partial charge in [-0.25, -0.2) is 15.0 Å². The first-order valence-corrected chi connectivity index (χ1v) is 9.02. The van der Waals surface area contributed by atoms with Gasteiger partial charge in [-0.2, -0.15) is 13.2 Å². The lowest BCUT2D eigenvalue weighted by Gasteiger charge is -2.09. The molecule has 10 heteroatoms. The Morgan fingerprint density at radius 1 is 1.14 bits per heavy atom. The topological polar surface area (TPSA) is 80.9 Å². The van der Waals surface area contributed by atoms with Crippen molar-refractivity contribution in [2.75, 3.05) is 5.32 Å². The molecule has 1 N–H and O–H groups in total. The number of halogens is 3. The Hall–Kier alpha value is -3.53. The zero-order valence-corrected chi connectivity index (χ0v) is 15.3. The normalized spacial score (nSPS) is 11.4. The first kappa shape index (κ1) is 18.8. The second-order valence-corrected chi connectivity index (χ2v) is 6.87. The van der Waals surface area contributed by atoms with Gasteiger partial charge in [-0.3, -0.25) is 4.79 Å². The van der Waals surface area contributed by atoms with Crippen LogP contribution in [0.5, 0.6) is 0 Å². The Morgan fingerprint density at radius 3 is 2.76 bits per heavy atom. The number of anilines is 2. The number of nitrogens with one attached hydrogen (secondary N) is 1. The molecule has 3 heterocycles. The molecule has 4 rings (SSSR count). The number of carbonyl (C=O) groups is 1. The van der Waals surface area contributed by atoms with E-state index >= 15 is 0 Å². The van der Waals surface area contributed by atoms with Crippen molar-refractivity contribution < 1.29 is 22.4 Å². The van der Waals surface area contributed by atoms with E-state index in [1.54, 1.807) is 36.5 Å². The monoisotopic (exact) mass is 416 g/mol. The fraction of sp³-hybridized carbons (Fsp3) is 0.0526. The smallest absolute Gasteiger partial charge is 0.433 e. The highest BCUT2D eigenvalue weighted by Gasteiger charge is 2.32. The second-order valence-electron chi connectivity index (χ2n) is 5.84. The number of alkyl halides is 3. The molecular formula is C19H11F3N4O2S. The summed E-state index contributed by atoms with van der Waals surface area (Å²) in [4.78, 5) is 24.5. The Labute approximate surface area is 166 Å². The van der Waals surface area contributed by atoms with Crippen LogP contribution in [-0.4, -0.2) is 20.7 Å². The Balaban J connectivity index is 1.56. The molecule has 0 radical (unpaired) electrons. The standard InChI is InChI=1S/C19H11F3N4O2S/c20-19(21,22)15-4-6-23-18(26-15)25-13-3-1-2-11(8-13)14-9-24-17(29-14)16(27)12-5-7-28-10-12/h1-10H,(H,23,25,26). The maximum absolute atomic E-state index is 12.8. The minimum absolute atomic E-state index is 0.169. The quantitative estimate of drug-likeness (QED) is 0.451. The van der Waals surface area contributed by atoms with Crippen LogP contribution in [0.25, 0.3) is 10.4 Å². The van der Waals surface area contributed by atoms with Crippen molar-refractivity contribution >= 4 is 28.8 Å². The summed E-state index contributed by atoms with van der Waals surface area (Å²) in [5, 5.41) is 3.07. The predicted molar refractivity (Wildman–Crippen MR) is 100 cm³/mol. The van der Waals surface area contributed by atoms with Gasteiger partial charge in [0, 0.05) is 18.1 Å². The van der Waals surface area contributed by atoms with E-state index in [2.05, 4.69) is 20.3 Å². The van der Waals surface area contributed by atoms with Crippen molar-refractivity contribution in [2.45, 2.75) is 6.18 Å². The molecule has 0 atom stereocenters. The van der Waals surface area contributed by atoms with Gasteiger partial charge in [0.15, 0.2) is 5.01 Å². The average molecular weight is 416 g/mol. The first-order chi connectivity index (χ1) is 13.9. The van der Waals surface area contributed by atoms with Gasteiger partial charge in [-0.1, -0.05) is 12.1 Å². The third-order valence-corrected chi connectivity index (χ3v) is 4.88. The van der Waals surface area contributed by atoms with E-state index in [0.717, 1.165) is 22.7 Å². The average Bonchev–Trinajstić information content (AvgIpc) is 3.40. The third kappa shape index (κ3) is 4.16. The number of thiazole rings is 1. The number of nitrogens with zero attached hydrogens (tertiary/aromatic N) is 3. The van der Waals surface area contributed by atoms with Gasteiger partial charge >= 0.3 is 6.18 Å². The third-order valence-electron chi connectivity index (χ3n) is 3.83. The van der Waals surface area contributed by atoms with Crippen LogP contribution in [-0.2, 0) is 6.18 Å². The van der Waals surface area contributed by atoms with Crippen LogP contribution in [0.15, 0.2) is 65.7 Å². The molecule has 3 aromatic heterocycles. The van der Waals surface area contributed by atoms with Crippen molar-refractivity contribution in [3.8, 4) is 10.4 Å². The zero-order valence-electron chi connectivity index (χ0n) is 14.5. The molecule has 0 bridgehead atoms. The van der Waals surface area contributed by atoms with E-state index in [4.69, 9.17) is 4.42 Å². The highest BCUT2D eigenvalue weighted by molar-refractivity contribution is 7.17. The first-order valence-electron chi connectivity index (χ1n) is 8.20. The van der Waals surface area contributed by atoms with Crippen molar-refractivity contribution in [3.63, 3.8) is 0 Å². The Bertz CT molecular complexity index is 1160. The highest BCUT2D eigenvalue weighted by Crippen LogP contribution is 2.31. The maximum atomic E-state index is 12.8. The summed E-state index contributed by atoms with van der Waals surface area (Å²) in [6.45, 7) is 0. The van der Waals surface area contributed by atoms with Gasteiger partial charge < -0.3 is 9.73 Å². The molecule has 6 nitrogen and oxygen atoms in total. The largest absolute Gasteiger partial charge is 0.472 e. The summed E-state index contributed by atoms with van der Waals surface area (Å²) in [7, 11) is 0. The fourth-order valence-corrected chi connectivity index (χ4v) is 3.36. The van der Waals surface area contributed by atoms with E-state index in [1.165, 1.54) is 23.9 Å². The van der Waals surface area contributed by atoms with Crippen LogP contribution < -0.4 is 5.32 Å². The highest BCUT2D eigenvalue weighted by atomic mass is 32.1. The molecule has 146 valence electrons. The Kier molecular flexibility index (Phi) is 4.85. The minimum Gasteiger partial charge on any atom is -0.472 e. The summed E-state index contributed by atoms with van der Waals surface area (Å²) in [5.41, 5.74) is 0.614. The molecule has 0 spiro atoms. The van der Waals surface area contributed by atoms with Crippen LogP contribution in [0.4, 0.5) is 24.8 Å². The van der Waals surface area contributed by atoms with E-state index in [-0.39, 0.29) is 11.7 Å². The van der Waals surface area contributed by atoms with Gasteiger partial charge in [0.25, 0.3) is 0 Å². The SMILES string of the molecule is O=C(c1ccoc1)c1ncc(-c2cccc(Nc3nccc(C(F)(F)F)n3)c2)s1. The molecule has 0 amide bonds. The van der Waals surface area contributed by atoms with E-state index in [9.17, 15) is 18.0 Å². The minimum atomic E-state index is -4.55. The molecule has 29 heavy (non-hydrogen) atoms. The summed E-state index contributed by atoms with van der Waals surface area (Å²) >= 11 is 1.20. The molecule has 0 fully saturated rings. The number of furan rings is 1. The maximum Gasteiger partial charge on any atom is 0.433 e. The fourth-order valence-electron chi connectivity index (χ4n) is 2.49. The van der Waals surface area contributed by atoms with Crippen LogP contribution in [0.3, 0.4) is 0 Å². The van der Waals surface area contributed by atoms with Gasteiger partial charge in [0.1, 0.15) is 12.0 Å². The number of rotatable bonds is 5. The van der Waals surface area contributed by atoms with Crippen LogP contribution in [0.1, 0.15) is 21.1 Å². The summed E-state index contributed by atoms with van der Waals surface area (Å²) in [6.07, 6.45) is 0.814. The van der Waals surface area contributed by atoms with Crippen LogP contribution in [0, 0.1) is 0 Å². The van der Waals surface area contributed by atoms with Gasteiger partial charge in [0.2, 0.25) is 11.7 Å². The van der Waals surface area contributed by atoms with Crippen molar-refractivity contribution in [2.24, 2.45) is 0 Å². The van der Waals surface area contributed by atoms with E-state index < -0.39 is 11.9 Å². The Morgan fingerprint density at radius 2 is 2.00 bits per heavy atom. The van der Waals surface area contributed by atoms with Gasteiger partial charge in [-0.05, 0) is 29.8 Å². The lowest BCUT2D eigenvalue weighted by Crippen LogP contribution is -2.10. The second kappa shape index (κ2) is 7.47. The van der Waals surface area contributed by atoms with Gasteiger partial charge in [0.05, 0.1) is 16.7 Å². The number of aromatic nitrogens is 3. The molecule has 0 unspecified atom stereocenters. The summed E-state index contributed by atoms with van der Waals surface area (Å²) in [5.74, 6) is -0.418. The van der Waals surface area contributed by atoms with Crippen LogP contribution >= 0.6 is 11.3 Å².